The Labute approximate surface area is 289 Å². The second-order valence-corrected chi connectivity index (χ2v) is 13.7. The van der Waals surface area contributed by atoms with E-state index in [4.69, 9.17) is 10.7 Å². The van der Waals surface area contributed by atoms with Gasteiger partial charge in [-0.25, -0.2) is 9.98 Å². The molecule has 258 valence electrons. The Morgan fingerprint density at radius 2 is 1.82 bits per heavy atom. The number of carbonyl (C=O) groups excluding carboxylic acids is 2. The number of nitrogens with two attached hydrogens (primary N) is 1. The molecule has 2 fully saturated rings. The number of anilines is 3. The lowest BCUT2D eigenvalue weighted by atomic mass is 9.86. The molecule has 49 heavy (non-hydrogen) atoms. The van der Waals surface area contributed by atoms with Crippen LogP contribution in [-0.4, -0.2) is 104 Å². The second-order valence-electron chi connectivity index (χ2n) is 13.7. The average molecular weight is 665 g/mol. The third kappa shape index (κ3) is 7.30. The Hall–Kier alpha value is -4.81. The molecule has 4 aliphatic heterocycles. The zero-order chi connectivity index (χ0) is 34.7. The van der Waals surface area contributed by atoms with Crippen LogP contribution in [-0.2, 0) is 10.2 Å². The van der Waals surface area contributed by atoms with Crippen LogP contribution < -0.4 is 21.3 Å². The van der Waals surface area contributed by atoms with Crippen LogP contribution in [0.15, 0.2) is 75.7 Å². The fourth-order valence-electron chi connectivity index (χ4n) is 6.84. The third-order valence-corrected chi connectivity index (χ3v) is 9.85. The van der Waals surface area contributed by atoms with Crippen LogP contribution in [0, 0.1) is 6.92 Å². The van der Waals surface area contributed by atoms with Gasteiger partial charge in [-0.15, -0.1) is 0 Å². The van der Waals surface area contributed by atoms with Crippen molar-refractivity contribution in [2.45, 2.75) is 45.4 Å². The molecular weight excluding hydrogens is 616 g/mol. The Bertz CT molecular complexity index is 1750. The van der Waals surface area contributed by atoms with E-state index in [9.17, 15) is 9.59 Å². The van der Waals surface area contributed by atoms with E-state index in [0.29, 0.717) is 40.9 Å². The lowest BCUT2D eigenvalue weighted by molar-refractivity contribution is -0.122. The molecule has 0 spiro atoms. The Balaban J connectivity index is 1.20. The number of likely N-dealkylation sites (N-methyl/N-ethyl adjacent to an activating group) is 1. The Kier molecular flexibility index (Phi) is 9.98. The number of hydrogen-bond acceptors (Lipinski definition) is 10. The van der Waals surface area contributed by atoms with Gasteiger partial charge in [0.1, 0.15) is 17.2 Å². The number of likely N-dealkylation sites (tertiary alicyclic amines) is 1. The molecule has 0 aliphatic carbocycles. The fourth-order valence-corrected chi connectivity index (χ4v) is 6.84. The number of nitrogens with one attached hydrogen (secondary N) is 2. The van der Waals surface area contributed by atoms with E-state index in [2.05, 4.69) is 48.9 Å². The summed E-state index contributed by atoms with van der Waals surface area (Å²) in [5.74, 6) is 0.702. The van der Waals surface area contributed by atoms with Gasteiger partial charge in [-0.3, -0.25) is 14.6 Å². The van der Waals surface area contributed by atoms with Gasteiger partial charge in [-0.05, 0) is 108 Å². The van der Waals surface area contributed by atoms with E-state index >= 15 is 0 Å². The van der Waals surface area contributed by atoms with Crippen molar-refractivity contribution < 1.29 is 9.59 Å². The van der Waals surface area contributed by atoms with Crippen LogP contribution in [0.25, 0.3) is 0 Å². The number of guanidine groups is 1. The number of benzene rings is 2. The molecule has 4 aliphatic rings. The van der Waals surface area contributed by atoms with Gasteiger partial charge in [0.05, 0.1) is 11.6 Å². The molecule has 12 heteroatoms. The zero-order valence-electron chi connectivity index (χ0n) is 29.1. The summed E-state index contributed by atoms with van der Waals surface area (Å²) in [7, 11) is 2.12. The molecule has 0 saturated carbocycles. The van der Waals surface area contributed by atoms with E-state index in [1.54, 1.807) is 18.3 Å². The number of allylic oxidation sites excluding steroid dienone is 1. The first-order valence-electron chi connectivity index (χ1n) is 17.2. The summed E-state index contributed by atoms with van der Waals surface area (Å²) in [6.07, 6.45) is 6.55. The Morgan fingerprint density at radius 3 is 2.59 bits per heavy atom. The van der Waals surface area contributed by atoms with Crippen molar-refractivity contribution in [1.82, 2.24) is 14.7 Å². The van der Waals surface area contributed by atoms with E-state index in [0.717, 1.165) is 69.0 Å². The number of aliphatic imine (C=N–C) groups is 3. The molecule has 2 saturated heterocycles. The van der Waals surface area contributed by atoms with E-state index in [-0.39, 0.29) is 17.6 Å². The SMILES string of the molecule is C=C/N=C1/C=NC(N2CCCN(C)CC2)=N/C1=C(/N)Nc1cc(C(=O)Nc2ccc3c(c2)C(C)(C)C(=O)N3CCN2CCCC2)ccc1C. The quantitative estimate of drug-likeness (QED) is 0.386. The largest absolute Gasteiger partial charge is 0.383 e. The maximum absolute atomic E-state index is 13.6. The maximum atomic E-state index is 13.6. The lowest BCUT2D eigenvalue weighted by Crippen LogP contribution is -2.40. The number of amides is 2. The van der Waals surface area contributed by atoms with Crippen molar-refractivity contribution in [3.8, 4) is 0 Å². The van der Waals surface area contributed by atoms with Crippen molar-refractivity contribution in [2.24, 2.45) is 20.7 Å². The molecule has 0 aromatic heterocycles. The topological polar surface area (TPSA) is 134 Å². The number of carbonyl (C=O) groups is 2. The third-order valence-electron chi connectivity index (χ3n) is 9.85. The first kappa shape index (κ1) is 34.1. The monoisotopic (exact) mass is 664 g/mol. The number of aryl methyl sites for hydroxylation is 1. The minimum atomic E-state index is -0.684. The first-order chi connectivity index (χ1) is 23.5. The standard InChI is InChI=1S/C37H48N10O2/c1-6-39-30-24-40-36(46-17-9-14-44(5)18-20-46)43-32(30)33(38)42-29-22-26(11-10-25(29)2)34(48)41-27-12-13-31-28(23-27)37(3,4)35(49)47(31)21-19-45-15-7-8-16-45/h6,10-13,22-24,42H,1,7-9,14-21,38H2,2-5H3,(H,41,48)/b33-32-,39-30-. The number of fused-ring (bicyclic) bond motifs is 1. The van der Waals surface area contributed by atoms with Crippen LogP contribution >= 0.6 is 0 Å². The predicted octanol–water partition coefficient (Wildman–Crippen LogP) is 4.17. The van der Waals surface area contributed by atoms with Crippen molar-refractivity contribution in [2.75, 3.05) is 74.9 Å². The molecule has 2 aromatic rings. The van der Waals surface area contributed by atoms with Crippen molar-refractivity contribution in [3.05, 3.63) is 77.4 Å². The maximum Gasteiger partial charge on any atom is 0.255 e. The van der Waals surface area contributed by atoms with Gasteiger partial charge in [-0.1, -0.05) is 12.6 Å². The smallest absolute Gasteiger partial charge is 0.255 e. The van der Waals surface area contributed by atoms with Gasteiger partial charge in [-0.2, -0.15) is 0 Å². The molecule has 6 rings (SSSR count). The van der Waals surface area contributed by atoms with Crippen LogP contribution in [0.1, 0.15) is 54.6 Å². The summed E-state index contributed by atoms with van der Waals surface area (Å²) in [6.45, 7) is 16.9. The highest BCUT2D eigenvalue weighted by Crippen LogP contribution is 2.43. The fraction of sp³-hybridized carbons (Fsp3) is 0.432. The first-order valence-corrected chi connectivity index (χ1v) is 17.2. The van der Waals surface area contributed by atoms with Crippen LogP contribution in [0.3, 0.4) is 0 Å². The molecular formula is C37H48N10O2. The van der Waals surface area contributed by atoms with Gasteiger partial charge in [0, 0.05) is 61.5 Å². The second kappa shape index (κ2) is 14.4. The van der Waals surface area contributed by atoms with Crippen molar-refractivity contribution in [3.63, 3.8) is 0 Å². The molecule has 4 N–H and O–H groups in total. The van der Waals surface area contributed by atoms with Crippen molar-refractivity contribution >= 4 is 46.8 Å². The van der Waals surface area contributed by atoms with E-state index in [1.807, 2.05) is 49.9 Å². The molecule has 4 heterocycles. The summed E-state index contributed by atoms with van der Waals surface area (Å²) >= 11 is 0. The average Bonchev–Trinajstić information content (AvgIpc) is 3.59. The molecule has 2 amide bonds. The predicted molar refractivity (Wildman–Crippen MR) is 199 cm³/mol. The Morgan fingerprint density at radius 1 is 1.02 bits per heavy atom. The van der Waals surface area contributed by atoms with E-state index in [1.165, 1.54) is 19.0 Å². The van der Waals surface area contributed by atoms with Crippen LogP contribution in [0.4, 0.5) is 17.1 Å². The van der Waals surface area contributed by atoms with Gasteiger partial charge in [0.25, 0.3) is 5.91 Å². The van der Waals surface area contributed by atoms with Gasteiger partial charge < -0.3 is 36.0 Å². The highest BCUT2D eigenvalue weighted by Gasteiger charge is 2.44. The van der Waals surface area contributed by atoms with Gasteiger partial charge in [0.2, 0.25) is 11.9 Å². The summed E-state index contributed by atoms with van der Waals surface area (Å²) in [5, 5.41) is 6.32. The summed E-state index contributed by atoms with van der Waals surface area (Å²) in [5.41, 5.74) is 11.4. The highest BCUT2D eigenvalue weighted by molar-refractivity contribution is 6.41. The number of rotatable bonds is 8. The normalized spacial score (nSPS) is 21.4. The number of nitrogens with zero attached hydrogens (tertiary/aromatic N) is 7. The minimum Gasteiger partial charge on any atom is -0.383 e. The van der Waals surface area contributed by atoms with Crippen molar-refractivity contribution in [1.29, 1.82) is 0 Å². The molecule has 2 aromatic carbocycles. The molecule has 0 atom stereocenters. The van der Waals surface area contributed by atoms with Gasteiger partial charge >= 0.3 is 0 Å². The zero-order valence-corrected chi connectivity index (χ0v) is 29.1. The molecule has 12 nitrogen and oxygen atoms in total. The van der Waals surface area contributed by atoms with E-state index < -0.39 is 5.41 Å². The molecule has 0 unspecified atom stereocenters. The molecule has 0 bridgehead atoms. The summed E-state index contributed by atoms with van der Waals surface area (Å²) in [6, 6.07) is 11.2. The summed E-state index contributed by atoms with van der Waals surface area (Å²) in [4.78, 5) is 49.6. The molecule has 0 radical (unpaired) electrons. The minimum absolute atomic E-state index is 0.0900. The van der Waals surface area contributed by atoms with Crippen LogP contribution in [0.5, 0.6) is 0 Å². The summed E-state index contributed by atoms with van der Waals surface area (Å²) < 4.78 is 0. The van der Waals surface area contributed by atoms with Crippen LogP contribution in [0.2, 0.25) is 0 Å². The van der Waals surface area contributed by atoms with Gasteiger partial charge in [0.15, 0.2) is 0 Å². The lowest BCUT2D eigenvalue weighted by Gasteiger charge is -2.24. The highest BCUT2D eigenvalue weighted by atomic mass is 16.2. The number of hydrogen-bond donors (Lipinski definition) is 3.